The Morgan fingerprint density at radius 3 is 2.55 bits per heavy atom. The number of aromatic nitrogens is 1. The molecule has 0 radical (unpaired) electrons. The van der Waals surface area contributed by atoms with Crippen molar-refractivity contribution in [3.05, 3.63) is 4.88 Å². The second-order valence-electron chi connectivity index (χ2n) is 5.99. The zero-order valence-corrected chi connectivity index (χ0v) is 12.9. The molecular weight excluding hydrogens is 272 g/mol. The van der Waals surface area contributed by atoms with Crippen molar-refractivity contribution < 1.29 is 4.79 Å². The quantitative estimate of drug-likeness (QED) is 0.899. The molecule has 1 saturated heterocycles. The lowest BCUT2D eigenvalue weighted by Gasteiger charge is -2.38. The molecule has 1 aliphatic carbocycles. The fourth-order valence-electron chi connectivity index (χ4n) is 2.89. The van der Waals surface area contributed by atoms with Crippen LogP contribution < -0.4 is 11.1 Å². The molecule has 1 aliphatic heterocycles. The molecule has 5 nitrogen and oxygen atoms in total. The number of carbonyl (C=O) groups excluding carboxylic acids is 1. The van der Waals surface area contributed by atoms with Crippen LogP contribution in [0.5, 0.6) is 0 Å². The summed E-state index contributed by atoms with van der Waals surface area (Å²) in [6.45, 7) is 4.24. The summed E-state index contributed by atoms with van der Waals surface area (Å²) < 4.78 is 0. The Bertz CT molecular complexity index is 501. The number of rotatable bonds is 3. The van der Waals surface area contributed by atoms with Crippen LogP contribution in [0.3, 0.4) is 0 Å². The van der Waals surface area contributed by atoms with Gasteiger partial charge in [-0.2, -0.15) is 0 Å². The van der Waals surface area contributed by atoms with E-state index in [2.05, 4.69) is 24.1 Å². The van der Waals surface area contributed by atoms with Gasteiger partial charge in [-0.15, -0.1) is 0 Å². The Balaban J connectivity index is 1.79. The molecular formula is C14H22N4OS. The molecule has 2 aliphatic rings. The second kappa shape index (κ2) is 5.24. The molecule has 1 saturated carbocycles. The van der Waals surface area contributed by atoms with Gasteiger partial charge in [0.1, 0.15) is 10.7 Å². The van der Waals surface area contributed by atoms with E-state index in [1.165, 1.54) is 30.6 Å². The summed E-state index contributed by atoms with van der Waals surface area (Å²) in [6.07, 6.45) is 5.70. The minimum absolute atomic E-state index is 0.0450. The Morgan fingerprint density at radius 2 is 1.95 bits per heavy atom. The normalized spacial score (nSPS) is 26.6. The summed E-state index contributed by atoms with van der Waals surface area (Å²) in [5.41, 5.74) is 5.95. The maximum absolute atomic E-state index is 12.7. The van der Waals surface area contributed by atoms with Crippen LogP contribution in [0.15, 0.2) is 0 Å². The Kier molecular flexibility index (Phi) is 3.58. The summed E-state index contributed by atoms with van der Waals surface area (Å²) in [5, 5.41) is 4.10. The Hall–Kier alpha value is -1.30. The molecule has 3 N–H and O–H groups in total. The van der Waals surface area contributed by atoms with E-state index < -0.39 is 0 Å². The van der Waals surface area contributed by atoms with Crippen LogP contribution in [-0.2, 0) is 0 Å². The highest BCUT2D eigenvalue weighted by Gasteiger charge is 2.32. The highest BCUT2D eigenvalue weighted by molar-refractivity contribution is 7.18. The van der Waals surface area contributed by atoms with E-state index in [1.807, 2.05) is 4.90 Å². The predicted octanol–water partition coefficient (Wildman–Crippen LogP) is 2.70. The first-order chi connectivity index (χ1) is 9.56. The van der Waals surface area contributed by atoms with Crippen molar-refractivity contribution in [3.8, 4) is 0 Å². The van der Waals surface area contributed by atoms with E-state index in [0.29, 0.717) is 16.7 Å². The van der Waals surface area contributed by atoms with Gasteiger partial charge in [0.05, 0.1) is 0 Å². The lowest BCUT2D eigenvalue weighted by Crippen LogP contribution is -2.47. The molecule has 3 rings (SSSR count). The summed E-state index contributed by atoms with van der Waals surface area (Å²) in [5.74, 6) is 0.414. The number of hydrogen-bond acceptors (Lipinski definition) is 5. The smallest absolute Gasteiger partial charge is 0.268 e. The SMILES string of the molecule is C[C@@H]1CCC[C@H](C)N1C(=O)c1sc(NC2CC2)nc1N. The molecule has 0 aromatic carbocycles. The third kappa shape index (κ3) is 2.61. The van der Waals surface area contributed by atoms with Gasteiger partial charge in [-0.3, -0.25) is 4.79 Å². The first-order valence-corrected chi connectivity index (χ1v) is 8.23. The standard InChI is InChI=1S/C14H22N4OS/c1-8-4-3-5-9(2)18(8)13(19)11-12(15)17-14(20-11)16-10-6-7-10/h8-10H,3-7,15H2,1-2H3,(H,16,17)/t8-,9+. The molecule has 0 unspecified atom stereocenters. The van der Waals surface area contributed by atoms with Crippen molar-refractivity contribution in [1.29, 1.82) is 0 Å². The van der Waals surface area contributed by atoms with Crippen molar-refractivity contribution >= 4 is 28.2 Å². The summed E-state index contributed by atoms with van der Waals surface area (Å²) in [6, 6.07) is 1.09. The van der Waals surface area contributed by atoms with Crippen molar-refractivity contribution in [1.82, 2.24) is 9.88 Å². The molecule has 2 fully saturated rings. The zero-order chi connectivity index (χ0) is 14.3. The number of amides is 1. The fraction of sp³-hybridized carbons (Fsp3) is 0.714. The molecule has 6 heteroatoms. The average Bonchev–Trinajstić information content (AvgIpc) is 3.11. The van der Waals surface area contributed by atoms with E-state index in [0.717, 1.165) is 18.0 Å². The topological polar surface area (TPSA) is 71.2 Å². The molecule has 0 bridgehead atoms. The van der Waals surface area contributed by atoms with E-state index >= 15 is 0 Å². The lowest BCUT2D eigenvalue weighted by molar-refractivity contribution is 0.0516. The lowest BCUT2D eigenvalue weighted by atomic mass is 9.97. The van der Waals surface area contributed by atoms with Gasteiger partial charge < -0.3 is 16.0 Å². The van der Waals surface area contributed by atoms with Crippen molar-refractivity contribution in [3.63, 3.8) is 0 Å². The van der Waals surface area contributed by atoms with Gasteiger partial charge in [-0.25, -0.2) is 4.98 Å². The number of nitrogen functional groups attached to an aromatic ring is 1. The molecule has 2 heterocycles. The molecule has 110 valence electrons. The number of piperidine rings is 1. The maximum atomic E-state index is 12.7. The number of anilines is 2. The molecule has 20 heavy (non-hydrogen) atoms. The van der Waals surface area contributed by atoms with Crippen LogP contribution >= 0.6 is 11.3 Å². The van der Waals surface area contributed by atoms with Crippen LogP contribution in [0.2, 0.25) is 0 Å². The predicted molar refractivity (Wildman–Crippen MR) is 82.1 cm³/mol. The first-order valence-electron chi connectivity index (χ1n) is 7.41. The number of nitrogens with zero attached hydrogens (tertiary/aromatic N) is 2. The highest BCUT2D eigenvalue weighted by atomic mass is 32.1. The van der Waals surface area contributed by atoms with Gasteiger partial charge in [0.25, 0.3) is 5.91 Å². The maximum Gasteiger partial charge on any atom is 0.268 e. The number of thiazole rings is 1. The molecule has 1 amide bonds. The van der Waals surface area contributed by atoms with Crippen LogP contribution in [0.25, 0.3) is 0 Å². The van der Waals surface area contributed by atoms with Crippen LogP contribution in [0.1, 0.15) is 55.6 Å². The van der Waals surface area contributed by atoms with Crippen molar-refractivity contribution in [2.45, 2.75) is 64.1 Å². The van der Waals surface area contributed by atoms with E-state index in [1.54, 1.807) is 0 Å². The third-order valence-corrected chi connectivity index (χ3v) is 5.17. The van der Waals surface area contributed by atoms with Gasteiger partial charge in [-0.05, 0) is 46.0 Å². The van der Waals surface area contributed by atoms with E-state index in [4.69, 9.17) is 5.73 Å². The third-order valence-electron chi connectivity index (χ3n) is 4.18. The number of carbonyl (C=O) groups is 1. The van der Waals surface area contributed by atoms with Crippen molar-refractivity contribution in [2.75, 3.05) is 11.1 Å². The average molecular weight is 294 g/mol. The van der Waals surface area contributed by atoms with Gasteiger partial charge >= 0.3 is 0 Å². The fourth-order valence-corrected chi connectivity index (χ4v) is 3.79. The highest BCUT2D eigenvalue weighted by Crippen LogP contribution is 2.33. The summed E-state index contributed by atoms with van der Waals surface area (Å²) in [4.78, 5) is 19.6. The van der Waals surface area contributed by atoms with Crippen LogP contribution in [0.4, 0.5) is 10.9 Å². The van der Waals surface area contributed by atoms with Crippen LogP contribution in [-0.4, -0.2) is 33.9 Å². The summed E-state index contributed by atoms with van der Waals surface area (Å²) in [7, 11) is 0. The first kappa shape index (κ1) is 13.7. The number of nitrogens with two attached hydrogens (primary N) is 1. The largest absolute Gasteiger partial charge is 0.382 e. The van der Waals surface area contributed by atoms with Gasteiger partial charge in [-0.1, -0.05) is 11.3 Å². The minimum atomic E-state index is 0.0450. The Labute approximate surface area is 123 Å². The van der Waals surface area contributed by atoms with E-state index in [9.17, 15) is 4.79 Å². The summed E-state index contributed by atoms with van der Waals surface area (Å²) >= 11 is 1.40. The Morgan fingerprint density at radius 1 is 1.30 bits per heavy atom. The van der Waals surface area contributed by atoms with Crippen LogP contribution in [0, 0.1) is 0 Å². The van der Waals surface area contributed by atoms with Gasteiger partial charge in [0, 0.05) is 18.1 Å². The minimum Gasteiger partial charge on any atom is -0.382 e. The van der Waals surface area contributed by atoms with Crippen molar-refractivity contribution in [2.24, 2.45) is 0 Å². The second-order valence-corrected chi connectivity index (χ2v) is 6.99. The number of likely N-dealkylation sites (tertiary alicyclic amines) is 1. The molecule has 2 atom stereocenters. The monoisotopic (exact) mass is 294 g/mol. The zero-order valence-electron chi connectivity index (χ0n) is 12.1. The van der Waals surface area contributed by atoms with Gasteiger partial charge in [0.15, 0.2) is 5.13 Å². The molecule has 0 spiro atoms. The number of nitrogens with one attached hydrogen (secondary N) is 1. The van der Waals surface area contributed by atoms with Gasteiger partial charge in [0.2, 0.25) is 0 Å². The number of hydrogen-bond donors (Lipinski definition) is 2. The molecule has 1 aromatic rings. The molecule has 1 aromatic heterocycles. The van der Waals surface area contributed by atoms with E-state index in [-0.39, 0.29) is 18.0 Å².